The highest BCUT2D eigenvalue weighted by Crippen LogP contribution is 2.52. The third-order valence-corrected chi connectivity index (χ3v) is 3.47. The molecule has 0 saturated carbocycles. The summed E-state index contributed by atoms with van der Waals surface area (Å²) in [5.74, 6) is -10.4. The predicted molar refractivity (Wildman–Crippen MR) is 74.5 cm³/mol. The maximum atomic E-state index is 15.1. The van der Waals surface area contributed by atoms with Crippen molar-refractivity contribution in [3.8, 4) is 0 Å². The van der Waals surface area contributed by atoms with E-state index in [4.69, 9.17) is 11.5 Å². The van der Waals surface area contributed by atoms with Crippen molar-refractivity contribution in [1.29, 1.82) is 0 Å². The zero-order valence-electron chi connectivity index (χ0n) is 12.1. The molecule has 2 atom stereocenters. The summed E-state index contributed by atoms with van der Waals surface area (Å²) in [6.07, 6.45) is -3.25. The molecule has 1 aromatic rings. The van der Waals surface area contributed by atoms with Gasteiger partial charge in [-0.2, -0.15) is 26.3 Å². The molecule has 9 heteroatoms. The van der Waals surface area contributed by atoms with Gasteiger partial charge in [-0.05, 0) is 6.08 Å². The SMILES string of the molecule is NC1(N)C=CC=CC1OC(F)(c1ccccc1)C(F)(F)C(F)(F)F. The molecule has 24 heavy (non-hydrogen) atoms. The van der Waals surface area contributed by atoms with E-state index in [0.717, 1.165) is 36.4 Å². The molecule has 0 spiro atoms. The summed E-state index contributed by atoms with van der Waals surface area (Å²) >= 11 is 0. The van der Waals surface area contributed by atoms with Crippen molar-refractivity contribution in [3.05, 3.63) is 60.2 Å². The molecule has 2 unspecified atom stereocenters. The van der Waals surface area contributed by atoms with Gasteiger partial charge in [0.15, 0.2) is 0 Å². The second-order valence-electron chi connectivity index (χ2n) is 5.32. The Kier molecular flexibility index (Phi) is 4.55. The Labute approximate surface area is 133 Å². The van der Waals surface area contributed by atoms with Crippen LogP contribution >= 0.6 is 0 Å². The highest BCUT2D eigenvalue weighted by atomic mass is 19.4. The molecule has 3 nitrogen and oxygen atoms in total. The standard InChI is InChI=1S/C15H14F6N2O/c16-13(10-6-2-1-3-7-10,14(17,18)15(19,20)21)24-11-8-4-5-9-12(11,22)23/h1-9,11H,22-23H2. The molecule has 0 heterocycles. The number of benzene rings is 1. The van der Waals surface area contributed by atoms with E-state index in [-0.39, 0.29) is 0 Å². The number of allylic oxidation sites excluding steroid dienone is 2. The van der Waals surface area contributed by atoms with Crippen molar-refractivity contribution < 1.29 is 31.1 Å². The van der Waals surface area contributed by atoms with Gasteiger partial charge in [0.25, 0.3) is 0 Å². The second kappa shape index (κ2) is 5.91. The Morgan fingerprint density at radius 2 is 1.50 bits per heavy atom. The van der Waals surface area contributed by atoms with E-state index >= 15 is 4.39 Å². The molecule has 0 bridgehead atoms. The zero-order valence-corrected chi connectivity index (χ0v) is 12.1. The summed E-state index contributed by atoms with van der Waals surface area (Å²) in [5.41, 5.74) is 8.20. The van der Waals surface area contributed by atoms with Crippen LogP contribution in [0.4, 0.5) is 26.3 Å². The van der Waals surface area contributed by atoms with Crippen LogP contribution in [0, 0.1) is 0 Å². The van der Waals surface area contributed by atoms with E-state index in [1.807, 2.05) is 0 Å². The van der Waals surface area contributed by atoms with Crippen LogP contribution < -0.4 is 11.5 Å². The second-order valence-corrected chi connectivity index (χ2v) is 5.32. The molecule has 4 N–H and O–H groups in total. The number of halogens is 6. The fraction of sp³-hybridized carbons (Fsp3) is 0.333. The Balaban J connectivity index is 2.53. The Hall–Kier alpha value is -1.84. The maximum Gasteiger partial charge on any atom is 0.459 e. The van der Waals surface area contributed by atoms with E-state index in [1.165, 1.54) is 18.2 Å². The summed E-state index contributed by atoms with van der Waals surface area (Å²) in [6.45, 7) is 0. The van der Waals surface area contributed by atoms with Gasteiger partial charge in [-0.25, -0.2) is 0 Å². The van der Waals surface area contributed by atoms with E-state index < -0.39 is 35.3 Å². The molecule has 1 aliphatic carbocycles. The molecule has 0 aliphatic heterocycles. The highest BCUT2D eigenvalue weighted by molar-refractivity contribution is 5.27. The average molecular weight is 352 g/mol. The van der Waals surface area contributed by atoms with Crippen LogP contribution in [0.2, 0.25) is 0 Å². The first-order chi connectivity index (χ1) is 10.9. The van der Waals surface area contributed by atoms with Crippen molar-refractivity contribution in [2.45, 2.75) is 29.7 Å². The first kappa shape index (κ1) is 18.5. The van der Waals surface area contributed by atoms with E-state index in [2.05, 4.69) is 4.74 Å². The van der Waals surface area contributed by atoms with Crippen LogP contribution in [0.15, 0.2) is 54.6 Å². The molecular formula is C15H14F6N2O. The van der Waals surface area contributed by atoms with Gasteiger partial charge in [0.2, 0.25) is 0 Å². The van der Waals surface area contributed by atoms with Crippen LogP contribution in [0.5, 0.6) is 0 Å². The number of hydrogen-bond acceptors (Lipinski definition) is 3. The zero-order chi connectivity index (χ0) is 18.2. The van der Waals surface area contributed by atoms with Crippen molar-refractivity contribution in [2.24, 2.45) is 11.5 Å². The molecule has 0 radical (unpaired) electrons. The minimum absolute atomic E-state index is 0.761. The van der Waals surface area contributed by atoms with Gasteiger partial charge in [0, 0.05) is 5.56 Å². The fourth-order valence-electron chi connectivity index (χ4n) is 2.12. The summed E-state index contributed by atoms with van der Waals surface area (Å²) in [7, 11) is 0. The van der Waals surface area contributed by atoms with Crippen LogP contribution in [0.25, 0.3) is 0 Å². The van der Waals surface area contributed by atoms with Gasteiger partial charge < -0.3 is 16.2 Å². The third kappa shape index (κ3) is 3.06. The minimum Gasteiger partial charge on any atom is -0.326 e. The monoisotopic (exact) mass is 352 g/mol. The summed E-state index contributed by atoms with van der Waals surface area (Å²) in [6, 6.07) is 5.06. The fourth-order valence-corrected chi connectivity index (χ4v) is 2.12. The van der Waals surface area contributed by atoms with Gasteiger partial charge >= 0.3 is 18.0 Å². The molecule has 2 rings (SSSR count). The Morgan fingerprint density at radius 3 is 2.00 bits per heavy atom. The van der Waals surface area contributed by atoms with Gasteiger partial charge in [0.1, 0.15) is 11.8 Å². The normalized spacial score (nSPS) is 23.1. The van der Waals surface area contributed by atoms with Gasteiger partial charge in [-0.15, -0.1) is 0 Å². The first-order valence-electron chi connectivity index (χ1n) is 6.72. The third-order valence-electron chi connectivity index (χ3n) is 3.47. The van der Waals surface area contributed by atoms with Crippen molar-refractivity contribution in [1.82, 2.24) is 0 Å². The molecule has 1 aromatic carbocycles. The first-order valence-corrected chi connectivity index (χ1v) is 6.72. The van der Waals surface area contributed by atoms with Crippen LogP contribution in [0.3, 0.4) is 0 Å². The average Bonchev–Trinajstić information content (AvgIpc) is 2.49. The number of nitrogens with two attached hydrogens (primary N) is 2. The summed E-state index contributed by atoms with van der Waals surface area (Å²) < 4.78 is 85.8. The Bertz CT molecular complexity index is 641. The maximum absolute atomic E-state index is 15.1. The molecule has 0 saturated heterocycles. The molecule has 1 aliphatic rings. The summed E-state index contributed by atoms with van der Waals surface area (Å²) in [4.78, 5) is 0. The lowest BCUT2D eigenvalue weighted by Crippen LogP contribution is -2.63. The molecule has 0 amide bonds. The predicted octanol–water partition coefficient (Wildman–Crippen LogP) is 3.13. The smallest absolute Gasteiger partial charge is 0.326 e. The van der Waals surface area contributed by atoms with Gasteiger partial charge in [0.05, 0.1) is 0 Å². The molecule has 0 fully saturated rings. The highest BCUT2D eigenvalue weighted by Gasteiger charge is 2.74. The van der Waals surface area contributed by atoms with Crippen molar-refractivity contribution in [2.75, 3.05) is 0 Å². The lowest BCUT2D eigenvalue weighted by atomic mass is 9.96. The van der Waals surface area contributed by atoms with Crippen LogP contribution in [-0.2, 0) is 10.6 Å². The van der Waals surface area contributed by atoms with Crippen LogP contribution in [-0.4, -0.2) is 23.9 Å². The van der Waals surface area contributed by atoms with Gasteiger partial charge in [-0.1, -0.05) is 48.6 Å². The lowest BCUT2D eigenvalue weighted by Gasteiger charge is -2.40. The number of ether oxygens (including phenoxy) is 1. The molecule has 0 aromatic heterocycles. The van der Waals surface area contributed by atoms with E-state index in [9.17, 15) is 22.0 Å². The van der Waals surface area contributed by atoms with E-state index in [1.54, 1.807) is 0 Å². The molecular weight excluding hydrogens is 338 g/mol. The molecule has 132 valence electrons. The quantitative estimate of drug-likeness (QED) is 0.647. The minimum atomic E-state index is -6.20. The number of hydrogen-bond donors (Lipinski definition) is 2. The van der Waals surface area contributed by atoms with Gasteiger partial charge in [-0.3, -0.25) is 0 Å². The topological polar surface area (TPSA) is 61.3 Å². The number of rotatable bonds is 4. The van der Waals surface area contributed by atoms with Crippen molar-refractivity contribution in [3.63, 3.8) is 0 Å². The van der Waals surface area contributed by atoms with E-state index in [0.29, 0.717) is 0 Å². The Morgan fingerprint density at radius 1 is 0.917 bits per heavy atom. The van der Waals surface area contributed by atoms with Crippen molar-refractivity contribution >= 4 is 0 Å². The largest absolute Gasteiger partial charge is 0.459 e. The summed E-state index contributed by atoms with van der Waals surface area (Å²) in [5, 5.41) is 0. The number of alkyl halides is 6. The van der Waals surface area contributed by atoms with Crippen LogP contribution in [0.1, 0.15) is 5.56 Å². The lowest BCUT2D eigenvalue weighted by molar-refractivity contribution is -0.396.